The van der Waals surface area contributed by atoms with E-state index in [0.717, 1.165) is 0 Å². The van der Waals surface area contributed by atoms with Gasteiger partial charge in [0.05, 0.1) is 10.7 Å². The summed E-state index contributed by atoms with van der Waals surface area (Å²) in [6, 6.07) is 2.86. The smallest absolute Gasteiger partial charge is 0.303 e. The third-order valence-electron chi connectivity index (χ3n) is 2.13. The number of halogens is 2. The van der Waals surface area contributed by atoms with Crippen molar-refractivity contribution in [2.45, 2.75) is 19.8 Å². The van der Waals surface area contributed by atoms with Crippen LogP contribution in [0.2, 0.25) is 5.02 Å². The molecule has 16 heavy (non-hydrogen) atoms. The summed E-state index contributed by atoms with van der Waals surface area (Å²) in [5.74, 6) is -1.17. The number of nitrogens with one attached hydrogen (secondary N) is 1. The summed E-state index contributed by atoms with van der Waals surface area (Å²) in [6.07, 6.45) is 0.556. The third-order valence-corrected chi connectivity index (χ3v) is 2.44. The Morgan fingerprint density at radius 3 is 2.88 bits per heavy atom. The fourth-order valence-electron chi connectivity index (χ4n) is 1.24. The van der Waals surface area contributed by atoms with E-state index in [1.807, 2.05) is 0 Å². The van der Waals surface area contributed by atoms with Gasteiger partial charge in [0, 0.05) is 13.0 Å². The number of aliphatic carboxylic acids is 1. The summed E-state index contributed by atoms with van der Waals surface area (Å²) >= 11 is 5.90. The Balaban J connectivity index is 2.54. The average Bonchev–Trinajstić information content (AvgIpc) is 2.19. The first kappa shape index (κ1) is 12.8. The van der Waals surface area contributed by atoms with Crippen LogP contribution < -0.4 is 5.32 Å². The minimum atomic E-state index is -0.844. The second-order valence-electron chi connectivity index (χ2n) is 3.51. The Bertz CT molecular complexity index is 396. The van der Waals surface area contributed by atoms with Crippen molar-refractivity contribution in [1.82, 2.24) is 0 Å². The zero-order valence-electron chi connectivity index (χ0n) is 8.89. The van der Waals surface area contributed by atoms with Crippen molar-refractivity contribution < 1.29 is 14.3 Å². The molecule has 3 nitrogen and oxygen atoms in total. The standard InChI is InChI=1S/C11H13ClFNO2/c1-7-5-8(12)10(6-9(7)13)14-4-2-3-11(15)16/h5-6,14H,2-4H2,1H3,(H,15,16). The van der Waals surface area contributed by atoms with Crippen molar-refractivity contribution in [2.24, 2.45) is 0 Å². The summed E-state index contributed by atoms with van der Waals surface area (Å²) in [7, 11) is 0. The highest BCUT2D eigenvalue weighted by Crippen LogP contribution is 2.25. The van der Waals surface area contributed by atoms with Crippen LogP contribution in [0.4, 0.5) is 10.1 Å². The van der Waals surface area contributed by atoms with Crippen molar-refractivity contribution in [3.05, 3.63) is 28.5 Å². The van der Waals surface area contributed by atoms with E-state index in [1.54, 1.807) is 6.92 Å². The number of carbonyl (C=O) groups is 1. The molecule has 0 unspecified atom stereocenters. The molecule has 0 fully saturated rings. The molecule has 0 aromatic heterocycles. The third kappa shape index (κ3) is 3.70. The Morgan fingerprint density at radius 1 is 1.56 bits per heavy atom. The van der Waals surface area contributed by atoms with Gasteiger partial charge in [0.2, 0.25) is 0 Å². The van der Waals surface area contributed by atoms with Crippen LogP contribution in [0.25, 0.3) is 0 Å². The number of aryl methyl sites for hydroxylation is 1. The maximum absolute atomic E-state index is 13.2. The molecule has 0 bridgehead atoms. The lowest BCUT2D eigenvalue weighted by Gasteiger charge is -2.09. The summed E-state index contributed by atoms with van der Waals surface area (Å²) in [5, 5.41) is 11.8. The minimum Gasteiger partial charge on any atom is -0.481 e. The van der Waals surface area contributed by atoms with Crippen LogP contribution in [-0.4, -0.2) is 17.6 Å². The van der Waals surface area contributed by atoms with Gasteiger partial charge in [-0.15, -0.1) is 0 Å². The molecule has 2 N–H and O–H groups in total. The maximum Gasteiger partial charge on any atom is 0.303 e. The van der Waals surface area contributed by atoms with E-state index in [2.05, 4.69) is 5.32 Å². The number of rotatable bonds is 5. The van der Waals surface area contributed by atoms with E-state index in [9.17, 15) is 9.18 Å². The lowest BCUT2D eigenvalue weighted by atomic mass is 10.2. The van der Waals surface area contributed by atoms with E-state index in [-0.39, 0.29) is 12.2 Å². The number of carboxylic acid groups (broad SMARTS) is 1. The molecule has 0 radical (unpaired) electrons. The normalized spacial score (nSPS) is 10.2. The Morgan fingerprint density at radius 2 is 2.25 bits per heavy atom. The summed E-state index contributed by atoms with van der Waals surface area (Å²) in [4.78, 5) is 10.3. The van der Waals surface area contributed by atoms with Gasteiger partial charge >= 0.3 is 5.97 Å². The molecule has 0 aliphatic rings. The van der Waals surface area contributed by atoms with Crippen LogP contribution in [0.3, 0.4) is 0 Å². The largest absolute Gasteiger partial charge is 0.481 e. The summed E-state index contributed by atoms with van der Waals surface area (Å²) in [6.45, 7) is 2.09. The molecule has 1 aromatic carbocycles. The second kappa shape index (κ2) is 5.70. The van der Waals surface area contributed by atoms with Gasteiger partial charge in [0.15, 0.2) is 0 Å². The van der Waals surface area contributed by atoms with Gasteiger partial charge in [-0.05, 0) is 31.0 Å². The highest BCUT2D eigenvalue weighted by Gasteiger charge is 2.05. The van der Waals surface area contributed by atoms with Crippen LogP contribution in [0, 0.1) is 12.7 Å². The quantitative estimate of drug-likeness (QED) is 0.784. The van der Waals surface area contributed by atoms with Gasteiger partial charge in [0.1, 0.15) is 5.82 Å². The number of carboxylic acids is 1. The molecule has 0 saturated heterocycles. The molecule has 0 saturated carbocycles. The molecular weight excluding hydrogens is 233 g/mol. The average molecular weight is 246 g/mol. The van der Waals surface area contributed by atoms with E-state index in [0.29, 0.717) is 29.2 Å². The van der Waals surface area contributed by atoms with E-state index < -0.39 is 5.97 Å². The SMILES string of the molecule is Cc1cc(Cl)c(NCCCC(=O)O)cc1F. The number of benzene rings is 1. The van der Waals surface area contributed by atoms with Gasteiger partial charge in [-0.1, -0.05) is 11.6 Å². The molecule has 0 heterocycles. The zero-order valence-corrected chi connectivity index (χ0v) is 9.64. The first-order chi connectivity index (χ1) is 7.50. The van der Waals surface area contributed by atoms with Crippen LogP contribution in [0.5, 0.6) is 0 Å². The second-order valence-corrected chi connectivity index (χ2v) is 3.91. The fourth-order valence-corrected chi connectivity index (χ4v) is 1.53. The fraction of sp³-hybridized carbons (Fsp3) is 0.364. The predicted octanol–water partition coefficient (Wildman–Crippen LogP) is 3.06. The lowest BCUT2D eigenvalue weighted by molar-refractivity contribution is -0.137. The first-order valence-corrected chi connectivity index (χ1v) is 5.30. The molecule has 0 amide bonds. The molecular formula is C11H13ClFNO2. The van der Waals surface area contributed by atoms with Crippen LogP contribution in [0.15, 0.2) is 12.1 Å². The molecule has 5 heteroatoms. The Kier molecular flexibility index (Phi) is 4.55. The zero-order chi connectivity index (χ0) is 12.1. The highest BCUT2D eigenvalue weighted by molar-refractivity contribution is 6.33. The van der Waals surface area contributed by atoms with Crippen LogP contribution in [-0.2, 0) is 4.79 Å². The number of hydrogen-bond acceptors (Lipinski definition) is 2. The summed E-state index contributed by atoms with van der Waals surface area (Å²) in [5.41, 5.74) is 0.983. The lowest BCUT2D eigenvalue weighted by Crippen LogP contribution is -2.05. The predicted molar refractivity (Wildman–Crippen MR) is 61.5 cm³/mol. The van der Waals surface area contributed by atoms with Gasteiger partial charge < -0.3 is 10.4 Å². The molecule has 0 atom stereocenters. The van der Waals surface area contributed by atoms with Crippen molar-refractivity contribution >= 4 is 23.3 Å². The van der Waals surface area contributed by atoms with Gasteiger partial charge in [-0.25, -0.2) is 4.39 Å². The van der Waals surface area contributed by atoms with Gasteiger partial charge in [-0.3, -0.25) is 4.79 Å². The van der Waals surface area contributed by atoms with Crippen LogP contribution in [0.1, 0.15) is 18.4 Å². The monoisotopic (exact) mass is 245 g/mol. The van der Waals surface area contributed by atoms with Gasteiger partial charge in [0.25, 0.3) is 0 Å². The van der Waals surface area contributed by atoms with Crippen molar-refractivity contribution in [1.29, 1.82) is 0 Å². The van der Waals surface area contributed by atoms with Crippen molar-refractivity contribution in [3.8, 4) is 0 Å². The topological polar surface area (TPSA) is 49.3 Å². The molecule has 1 aromatic rings. The Labute approximate surface area is 98.2 Å². The summed E-state index contributed by atoms with van der Waals surface area (Å²) < 4.78 is 13.2. The maximum atomic E-state index is 13.2. The van der Waals surface area contributed by atoms with Crippen molar-refractivity contribution in [3.63, 3.8) is 0 Å². The van der Waals surface area contributed by atoms with Gasteiger partial charge in [-0.2, -0.15) is 0 Å². The van der Waals surface area contributed by atoms with E-state index >= 15 is 0 Å². The number of hydrogen-bond donors (Lipinski definition) is 2. The first-order valence-electron chi connectivity index (χ1n) is 4.92. The van der Waals surface area contributed by atoms with E-state index in [1.165, 1.54) is 12.1 Å². The minimum absolute atomic E-state index is 0.0823. The number of anilines is 1. The molecule has 0 aliphatic carbocycles. The highest BCUT2D eigenvalue weighted by atomic mass is 35.5. The molecule has 88 valence electrons. The Hall–Kier alpha value is -1.29. The van der Waals surface area contributed by atoms with E-state index in [4.69, 9.17) is 16.7 Å². The molecule has 0 spiro atoms. The van der Waals surface area contributed by atoms with Crippen molar-refractivity contribution in [2.75, 3.05) is 11.9 Å². The molecule has 0 aliphatic heterocycles. The van der Waals surface area contributed by atoms with Crippen LogP contribution >= 0.6 is 11.6 Å². The molecule has 1 rings (SSSR count).